The minimum atomic E-state index is -0.221. The van der Waals surface area contributed by atoms with Crippen molar-refractivity contribution >= 4 is 22.2 Å². The van der Waals surface area contributed by atoms with Gasteiger partial charge in [-0.1, -0.05) is 72.8 Å². The summed E-state index contributed by atoms with van der Waals surface area (Å²) >= 11 is 1.36. The van der Waals surface area contributed by atoms with Gasteiger partial charge in [0.05, 0.1) is 29.4 Å². The highest BCUT2D eigenvalue weighted by Crippen LogP contribution is 2.25. The normalized spacial score (nSPS) is 12.0. The largest absolute Gasteiger partial charge is 0.349 e. The minimum absolute atomic E-state index is 0.0537. The molecule has 7 nitrogen and oxygen atoms in total. The number of amides is 1. The molecule has 3 heterocycles. The van der Waals surface area contributed by atoms with Gasteiger partial charge >= 0.3 is 0 Å². The zero-order valence-corrected chi connectivity index (χ0v) is 25.5. The third-order valence-electron chi connectivity index (χ3n) is 7.72. The van der Waals surface area contributed by atoms with Crippen LogP contribution in [0.4, 0.5) is 0 Å². The molecule has 0 saturated heterocycles. The summed E-state index contributed by atoms with van der Waals surface area (Å²) in [5.41, 5.74) is 8.29. The van der Waals surface area contributed by atoms with Crippen molar-refractivity contribution in [1.82, 2.24) is 24.5 Å². The number of carbonyl (C=O) groups excluding carboxylic acids is 1. The highest BCUT2D eigenvalue weighted by molar-refractivity contribution is 7.15. The van der Waals surface area contributed by atoms with Crippen LogP contribution in [-0.4, -0.2) is 25.1 Å². The maximum absolute atomic E-state index is 14.0. The molecule has 6 aromatic rings. The van der Waals surface area contributed by atoms with E-state index in [4.69, 9.17) is 10.1 Å². The molecule has 3 aromatic carbocycles. The van der Waals surface area contributed by atoms with Crippen LogP contribution in [0.25, 0.3) is 21.9 Å². The molecule has 1 atom stereocenters. The van der Waals surface area contributed by atoms with E-state index in [1.807, 2.05) is 85.4 Å². The van der Waals surface area contributed by atoms with Gasteiger partial charge in [0.15, 0.2) is 4.96 Å². The van der Waals surface area contributed by atoms with E-state index in [0.29, 0.717) is 34.0 Å². The molecule has 0 unspecified atom stereocenters. The highest BCUT2D eigenvalue weighted by atomic mass is 32.1. The Labute approximate surface area is 254 Å². The van der Waals surface area contributed by atoms with E-state index < -0.39 is 0 Å². The molecule has 0 radical (unpaired) electrons. The molecule has 0 spiro atoms. The summed E-state index contributed by atoms with van der Waals surface area (Å²) < 4.78 is 3.44. The zero-order chi connectivity index (χ0) is 30.1. The summed E-state index contributed by atoms with van der Waals surface area (Å²) in [5, 5.41) is 9.92. The van der Waals surface area contributed by atoms with Gasteiger partial charge in [-0.15, -0.1) is 11.3 Å². The maximum Gasteiger partial charge on any atom is 0.268 e. The molecule has 1 amide bonds. The van der Waals surface area contributed by atoms with Crippen LogP contribution < -0.4 is 10.9 Å². The van der Waals surface area contributed by atoms with Crippen LogP contribution in [0.15, 0.2) is 95.1 Å². The van der Waals surface area contributed by atoms with E-state index in [2.05, 4.69) is 42.6 Å². The summed E-state index contributed by atoms with van der Waals surface area (Å²) in [4.78, 5) is 32.8. The summed E-state index contributed by atoms with van der Waals surface area (Å²) in [6, 6.07) is 28.0. The highest BCUT2D eigenvalue weighted by Gasteiger charge is 2.22. The standard InChI is InChI=1S/C35H33N5O2S/c1-22-15-16-23(2)31(17-22)40-24(3)18-30(38-40)33-25(4)36-35-39(34(33)42)28(21-43-35)20-32(41)37-29(27-13-9-6-10-14-27)19-26-11-7-5-8-12-26/h5-18,21,29H,19-20H2,1-4H3,(H,37,41)/t29-/m0/s1. The second-order valence-electron chi connectivity index (χ2n) is 11.0. The average Bonchev–Trinajstić information content (AvgIpc) is 3.57. The van der Waals surface area contributed by atoms with Gasteiger partial charge in [0.1, 0.15) is 5.69 Å². The molecule has 0 fully saturated rings. The first-order valence-corrected chi connectivity index (χ1v) is 15.2. The fourth-order valence-corrected chi connectivity index (χ4v) is 6.43. The maximum atomic E-state index is 14.0. The van der Waals surface area contributed by atoms with Gasteiger partial charge in [-0.25, -0.2) is 9.67 Å². The topological polar surface area (TPSA) is 81.3 Å². The van der Waals surface area contributed by atoms with E-state index >= 15 is 0 Å². The number of fused-ring (bicyclic) bond motifs is 1. The smallest absolute Gasteiger partial charge is 0.268 e. The quantitative estimate of drug-likeness (QED) is 0.221. The predicted octanol–water partition coefficient (Wildman–Crippen LogP) is 6.49. The third-order valence-corrected chi connectivity index (χ3v) is 8.59. The molecule has 3 aromatic heterocycles. The number of hydrogen-bond donors (Lipinski definition) is 1. The van der Waals surface area contributed by atoms with Crippen molar-refractivity contribution in [2.75, 3.05) is 0 Å². The summed E-state index contributed by atoms with van der Waals surface area (Å²) in [6.07, 6.45) is 0.715. The first-order valence-electron chi connectivity index (χ1n) is 14.3. The number of hydrogen-bond acceptors (Lipinski definition) is 5. The number of nitrogens with one attached hydrogen (secondary N) is 1. The van der Waals surface area contributed by atoms with Crippen molar-refractivity contribution in [3.05, 3.63) is 140 Å². The summed E-state index contributed by atoms with van der Waals surface area (Å²) in [6.45, 7) is 7.92. The Kier molecular flexibility index (Phi) is 7.78. The van der Waals surface area contributed by atoms with Gasteiger partial charge < -0.3 is 5.32 Å². The van der Waals surface area contributed by atoms with Crippen LogP contribution in [-0.2, 0) is 17.6 Å². The lowest BCUT2D eigenvalue weighted by Crippen LogP contribution is -2.32. The molecule has 216 valence electrons. The van der Waals surface area contributed by atoms with E-state index in [1.54, 1.807) is 4.40 Å². The van der Waals surface area contributed by atoms with E-state index in [9.17, 15) is 9.59 Å². The van der Waals surface area contributed by atoms with Crippen LogP contribution in [0.5, 0.6) is 0 Å². The zero-order valence-electron chi connectivity index (χ0n) is 24.7. The average molecular weight is 588 g/mol. The summed E-state index contributed by atoms with van der Waals surface area (Å²) in [7, 11) is 0. The first-order chi connectivity index (χ1) is 20.8. The van der Waals surface area contributed by atoms with Crippen molar-refractivity contribution in [3.8, 4) is 16.9 Å². The molecule has 0 aliphatic carbocycles. The second kappa shape index (κ2) is 11.8. The Morgan fingerprint density at radius 2 is 1.65 bits per heavy atom. The number of carbonyl (C=O) groups is 1. The molecular weight excluding hydrogens is 554 g/mol. The monoisotopic (exact) mass is 587 g/mol. The fourth-order valence-electron chi connectivity index (χ4n) is 5.51. The molecule has 0 saturated carbocycles. The molecule has 0 bridgehead atoms. The van der Waals surface area contributed by atoms with Crippen LogP contribution in [0.1, 0.15) is 45.4 Å². The van der Waals surface area contributed by atoms with Crippen molar-refractivity contribution in [2.24, 2.45) is 0 Å². The van der Waals surface area contributed by atoms with Gasteiger partial charge in [-0.3, -0.25) is 14.0 Å². The molecule has 8 heteroatoms. The summed E-state index contributed by atoms with van der Waals surface area (Å²) in [5.74, 6) is -0.159. The lowest BCUT2D eigenvalue weighted by Gasteiger charge is -2.19. The number of rotatable bonds is 8. The van der Waals surface area contributed by atoms with Crippen molar-refractivity contribution in [2.45, 2.75) is 46.6 Å². The second-order valence-corrected chi connectivity index (χ2v) is 11.8. The molecule has 6 rings (SSSR count). The Morgan fingerprint density at radius 3 is 2.40 bits per heavy atom. The number of aromatic nitrogens is 4. The van der Waals surface area contributed by atoms with Crippen LogP contribution >= 0.6 is 11.3 Å². The van der Waals surface area contributed by atoms with Crippen molar-refractivity contribution in [3.63, 3.8) is 0 Å². The minimum Gasteiger partial charge on any atom is -0.349 e. The predicted molar refractivity (Wildman–Crippen MR) is 172 cm³/mol. The van der Waals surface area contributed by atoms with Gasteiger partial charge in [0.25, 0.3) is 5.56 Å². The number of nitrogens with zero attached hydrogens (tertiary/aromatic N) is 4. The first kappa shape index (κ1) is 28.3. The Bertz CT molecular complexity index is 1990. The van der Waals surface area contributed by atoms with Gasteiger partial charge in [0.2, 0.25) is 5.91 Å². The fraction of sp³-hybridized carbons (Fsp3) is 0.200. The SMILES string of the molecule is Cc1ccc(C)c(-n2nc(-c3c(C)nc4scc(CC(=O)N[C@@H](Cc5ccccc5)c5ccccc5)n4c3=O)cc2C)c1. The van der Waals surface area contributed by atoms with E-state index in [1.165, 1.54) is 11.3 Å². The Balaban J connectivity index is 1.32. The molecule has 0 aliphatic rings. The number of thiazole rings is 1. The molecular formula is C35H33N5O2S. The van der Waals surface area contributed by atoms with Gasteiger partial charge in [-0.2, -0.15) is 5.10 Å². The van der Waals surface area contributed by atoms with Crippen molar-refractivity contribution in [1.29, 1.82) is 0 Å². The van der Waals surface area contributed by atoms with E-state index in [-0.39, 0.29) is 23.9 Å². The Morgan fingerprint density at radius 1 is 0.930 bits per heavy atom. The lowest BCUT2D eigenvalue weighted by molar-refractivity contribution is -0.121. The molecule has 1 N–H and O–H groups in total. The van der Waals surface area contributed by atoms with Gasteiger partial charge in [0, 0.05) is 16.8 Å². The lowest BCUT2D eigenvalue weighted by atomic mass is 9.98. The van der Waals surface area contributed by atoms with Crippen LogP contribution in [0, 0.1) is 27.7 Å². The number of aryl methyl sites for hydroxylation is 4. The van der Waals surface area contributed by atoms with Gasteiger partial charge in [-0.05, 0) is 68.5 Å². The van der Waals surface area contributed by atoms with Crippen molar-refractivity contribution < 1.29 is 4.79 Å². The number of benzene rings is 3. The Hall–Kier alpha value is -4.82. The van der Waals surface area contributed by atoms with Crippen LogP contribution in [0.2, 0.25) is 0 Å². The van der Waals surface area contributed by atoms with Crippen LogP contribution in [0.3, 0.4) is 0 Å². The van der Waals surface area contributed by atoms with E-state index in [0.717, 1.165) is 33.6 Å². The molecule has 43 heavy (non-hydrogen) atoms. The molecule has 0 aliphatic heterocycles. The third kappa shape index (κ3) is 5.79.